The zero-order valence-corrected chi connectivity index (χ0v) is 14.9. The van der Waals surface area contributed by atoms with E-state index >= 15 is 0 Å². The molecule has 1 aliphatic rings. The van der Waals surface area contributed by atoms with E-state index in [1.165, 1.54) is 28.9 Å². The monoisotopic (exact) mass is 351 g/mol. The van der Waals surface area contributed by atoms with Crippen LogP contribution >= 0.6 is 0 Å². The van der Waals surface area contributed by atoms with Gasteiger partial charge in [-0.2, -0.15) is 0 Å². The van der Waals surface area contributed by atoms with E-state index in [2.05, 4.69) is 18.2 Å². The van der Waals surface area contributed by atoms with Gasteiger partial charge in [-0.3, -0.25) is 9.59 Å². The summed E-state index contributed by atoms with van der Waals surface area (Å²) in [6.07, 6.45) is 4.13. The van der Waals surface area contributed by atoms with Crippen molar-refractivity contribution >= 4 is 11.9 Å². The van der Waals surface area contributed by atoms with Gasteiger partial charge in [0.1, 0.15) is 6.54 Å². The first-order chi connectivity index (χ1) is 12.6. The molecular formula is C22H25NO3. The van der Waals surface area contributed by atoms with E-state index in [1.807, 2.05) is 36.4 Å². The molecule has 0 spiro atoms. The molecule has 1 aliphatic carbocycles. The number of carbonyl (C=O) groups is 2. The van der Waals surface area contributed by atoms with Crippen molar-refractivity contribution in [3.05, 3.63) is 71.3 Å². The molecule has 0 aromatic heterocycles. The number of nitrogens with zero attached hydrogens (tertiary/aromatic N) is 1. The Morgan fingerprint density at radius 2 is 1.65 bits per heavy atom. The Balaban J connectivity index is 1.60. The molecule has 3 rings (SSSR count). The summed E-state index contributed by atoms with van der Waals surface area (Å²) in [5, 5.41) is 9.17. The third-order valence-electron chi connectivity index (χ3n) is 4.87. The van der Waals surface area contributed by atoms with E-state index < -0.39 is 5.97 Å². The number of carboxylic acid groups (broad SMARTS) is 1. The molecule has 2 aromatic rings. The molecule has 0 aliphatic heterocycles. The highest BCUT2D eigenvalue weighted by atomic mass is 16.4. The summed E-state index contributed by atoms with van der Waals surface area (Å²) in [6, 6.07) is 18.1. The Bertz CT molecular complexity index is 753. The topological polar surface area (TPSA) is 57.6 Å². The molecule has 1 fully saturated rings. The quantitative estimate of drug-likeness (QED) is 0.750. The number of benzene rings is 2. The Morgan fingerprint density at radius 3 is 2.35 bits per heavy atom. The molecule has 1 amide bonds. The SMILES string of the molecule is O=C(O)CN(CCc1ccccc1C1CC1)C(=O)CCc1ccccc1. The van der Waals surface area contributed by atoms with E-state index in [-0.39, 0.29) is 12.5 Å². The zero-order chi connectivity index (χ0) is 18.4. The van der Waals surface area contributed by atoms with Crippen LogP contribution in [0, 0.1) is 0 Å². The predicted molar refractivity (Wildman–Crippen MR) is 101 cm³/mol. The van der Waals surface area contributed by atoms with E-state index in [0.717, 1.165) is 5.56 Å². The van der Waals surface area contributed by atoms with Crippen molar-refractivity contribution in [2.75, 3.05) is 13.1 Å². The molecule has 0 atom stereocenters. The first kappa shape index (κ1) is 18.2. The van der Waals surface area contributed by atoms with Gasteiger partial charge >= 0.3 is 5.97 Å². The van der Waals surface area contributed by atoms with Gasteiger partial charge < -0.3 is 10.0 Å². The molecule has 0 bridgehead atoms. The lowest BCUT2D eigenvalue weighted by Crippen LogP contribution is -2.37. The third-order valence-corrected chi connectivity index (χ3v) is 4.87. The Hall–Kier alpha value is -2.62. The molecule has 26 heavy (non-hydrogen) atoms. The summed E-state index contributed by atoms with van der Waals surface area (Å²) in [5.41, 5.74) is 3.69. The third kappa shape index (κ3) is 5.19. The lowest BCUT2D eigenvalue weighted by molar-refractivity contribution is -0.144. The number of carboxylic acids is 1. The first-order valence-corrected chi connectivity index (χ1v) is 9.25. The lowest BCUT2D eigenvalue weighted by Gasteiger charge is -2.21. The highest BCUT2D eigenvalue weighted by molar-refractivity contribution is 5.81. The van der Waals surface area contributed by atoms with Gasteiger partial charge in [0.15, 0.2) is 0 Å². The van der Waals surface area contributed by atoms with Crippen molar-refractivity contribution < 1.29 is 14.7 Å². The first-order valence-electron chi connectivity index (χ1n) is 9.25. The van der Waals surface area contributed by atoms with Crippen molar-refractivity contribution in [3.63, 3.8) is 0 Å². The fraction of sp³-hybridized carbons (Fsp3) is 0.364. The Kier molecular flexibility index (Phi) is 6.05. The van der Waals surface area contributed by atoms with Gasteiger partial charge in [-0.15, -0.1) is 0 Å². The van der Waals surface area contributed by atoms with Crippen LogP contribution in [0.2, 0.25) is 0 Å². The highest BCUT2D eigenvalue weighted by Gasteiger charge is 2.26. The van der Waals surface area contributed by atoms with E-state index in [9.17, 15) is 14.7 Å². The number of carbonyl (C=O) groups excluding carboxylic acids is 1. The van der Waals surface area contributed by atoms with Crippen molar-refractivity contribution in [2.45, 2.75) is 38.0 Å². The largest absolute Gasteiger partial charge is 0.480 e. The maximum atomic E-state index is 12.6. The number of amides is 1. The summed E-state index contributed by atoms with van der Waals surface area (Å²) in [5.74, 6) is -0.415. The Labute approximate surface area is 154 Å². The van der Waals surface area contributed by atoms with Crippen LogP contribution in [0.15, 0.2) is 54.6 Å². The van der Waals surface area contributed by atoms with Gasteiger partial charge in [0.2, 0.25) is 5.91 Å². The molecule has 0 radical (unpaired) electrons. The van der Waals surface area contributed by atoms with Gasteiger partial charge in [-0.05, 0) is 48.3 Å². The molecule has 1 saturated carbocycles. The van der Waals surface area contributed by atoms with Crippen molar-refractivity contribution in [1.29, 1.82) is 0 Å². The maximum Gasteiger partial charge on any atom is 0.323 e. The van der Waals surface area contributed by atoms with E-state index in [1.54, 1.807) is 0 Å². The molecule has 4 nitrogen and oxygen atoms in total. The number of rotatable bonds is 9. The minimum absolute atomic E-state index is 0.0971. The standard InChI is InChI=1S/C22H25NO3/c24-21(13-10-17-6-2-1-3-7-17)23(16-22(25)26)15-14-18-8-4-5-9-20(18)19-11-12-19/h1-9,19H,10-16H2,(H,25,26). The van der Waals surface area contributed by atoms with Crippen molar-refractivity contribution in [2.24, 2.45) is 0 Å². The minimum atomic E-state index is -0.964. The van der Waals surface area contributed by atoms with Gasteiger partial charge in [0.25, 0.3) is 0 Å². The summed E-state index contributed by atoms with van der Waals surface area (Å²) in [7, 11) is 0. The second-order valence-corrected chi connectivity index (χ2v) is 6.92. The van der Waals surface area contributed by atoms with Crippen LogP contribution in [0.3, 0.4) is 0 Å². The smallest absolute Gasteiger partial charge is 0.323 e. The molecule has 0 heterocycles. The number of hydrogen-bond acceptors (Lipinski definition) is 2. The van der Waals surface area contributed by atoms with E-state index in [0.29, 0.717) is 31.7 Å². The number of aryl methyl sites for hydroxylation is 1. The molecule has 0 saturated heterocycles. The second-order valence-electron chi connectivity index (χ2n) is 6.92. The second kappa shape index (κ2) is 8.65. The van der Waals surface area contributed by atoms with Crippen LogP contribution in [0.4, 0.5) is 0 Å². The lowest BCUT2D eigenvalue weighted by atomic mass is 10.0. The Morgan fingerprint density at radius 1 is 0.962 bits per heavy atom. The summed E-state index contributed by atoms with van der Waals surface area (Å²) in [6.45, 7) is 0.211. The van der Waals surface area contributed by atoms with Crippen LogP contribution in [0.1, 0.15) is 41.9 Å². The average molecular weight is 351 g/mol. The fourth-order valence-corrected chi connectivity index (χ4v) is 3.32. The average Bonchev–Trinajstić information content (AvgIpc) is 3.49. The van der Waals surface area contributed by atoms with Gasteiger partial charge in [-0.1, -0.05) is 54.6 Å². The van der Waals surface area contributed by atoms with Crippen molar-refractivity contribution in [3.8, 4) is 0 Å². The van der Waals surface area contributed by atoms with Crippen LogP contribution in [0.5, 0.6) is 0 Å². The minimum Gasteiger partial charge on any atom is -0.480 e. The van der Waals surface area contributed by atoms with Crippen LogP contribution < -0.4 is 0 Å². The fourth-order valence-electron chi connectivity index (χ4n) is 3.32. The number of hydrogen-bond donors (Lipinski definition) is 1. The van der Waals surface area contributed by atoms with Gasteiger partial charge in [0.05, 0.1) is 0 Å². The number of aliphatic carboxylic acids is 1. The molecule has 0 unspecified atom stereocenters. The molecule has 136 valence electrons. The van der Waals surface area contributed by atoms with Gasteiger partial charge in [-0.25, -0.2) is 0 Å². The summed E-state index contributed by atoms with van der Waals surface area (Å²) in [4.78, 5) is 25.2. The van der Waals surface area contributed by atoms with Crippen LogP contribution in [-0.4, -0.2) is 35.0 Å². The summed E-state index contributed by atoms with van der Waals surface area (Å²) < 4.78 is 0. The zero-order valence-electron chi connectivity index (χ0n) is 14.9. The van der Waals surface area contributed by atoms with Crippen LogP contribution in [0.25, 0.3) is 0 Å². The molecule has 1 N–H and O–H groups in total. The molecule has 2 aromatic carbocycles. The predicted octanol–water partition coefficient (Wildman–Crippen LogP) is 3.65. The summed E-state index contributed by atoms with van der Waals surface area (Å²) >= 11 is 0. The normalized spacial score (nSPS) is 13.4. The van der Waals surface area contributed by atoms with Crippen molar-refractivity contribution in [1.82, 2.24) is 4.90 Å². The maximum absolute atomic E-state index is 12.6. The molecule has 4 heteroatoms. The molecular weight excluding hydrogens is 326 g/mol. The van der Waals surface area contributed by atoms with Gasteiger partial charge in [0, 0.05) is 13.0 Å². The highest BCUT2D eigenvalue weighted by Crippen LogP contribution is 2.41. The van der Waals surface area contributed by atoms with Crippen LogP contribution in [-0.2, 0) is 22.4 Å². The van der Waals surface area contributed by atoms with E-state index in [4.69, 9.17) is 0 Å².